The number of aromatic nitrogens is 3. The van der Waals surface area contributed by atoms with Gasteiger partial charge in [0.1, 0.15) is 11.6 Å². The van der Waals surface area contributed by atoms with Gasteiger partial charge >= 0.3 is 0 Å². The van der Waals surface area contributed by atoms with E-state index in [-0.39, 0.29) is 23.1 Å². The molecule has 0 bridgehead atoms. The molecule has 0 radical (unpaired) electrons. The van der Waals surface area contributed by atoms with Gasteiger partial charge in [-0.05, 0) is 42.3 Å². The first-order chi connectivity index (χ1) is 16.1. The summed E-state index contributed by atoms with van der Waals surface area (Å²) in [7, 11) is 0. The minimum atomic E-state index is -0.552. The molecule has 2 aromatic heterocycles. The fourth-order valence-electron chi connectivity index (χ4n) is 4.24. The Labute approximate surface area is 189 Å². The maximum Gasteiger partial charge on any atom is 0.272 e. The maximum absolute atomic E-state index is 14.6. The molecule has 0 aliphatic carbocycles. The summed E-state index contributed by atoms with van der Waals surface area (Å²) < 4.78 is 14.6. The van der Waals surface area contributed by atoms with Crippen LogP contribution in [0, 0.1) is 5.82 Å². The molecule has 1 atom stereocenters. The first-order valence-corrected chi connectivity index (χ1v) is 10.8. The molecule has 1 amide bonds. The van der Waals surface area contributed by atoms with E-state index in [2.05, 4.69) is 20.5 Å². The fraction of sp³-hybridized carbons (Fsp3) is 0.200. The second-order valence-electron chi connectivity index (χ2n) is 8.13. The second-order valence-corrected chi connectivity index (χ2v) is 8.13. The van der Waals surface area contributed by atoms with Crippen LogP contribution in [-0.2, 0) is 6.42 Å². The van der Waals surface area contributed by atoms with Crippen molar-refractivity contribution in [1.29, 1.82) is 0 Å². The average Bonchev–Trinajstić information content (AvgIpc) is 3.31. The number of fused-ring (bicyclic) bond motifs is 1. The number of likely N-dealkylation sites (tertiary alicyclic amines) is 1. The first kappa shape index (κ1) is 20.8. The number of aromatic amines is 1. The van der Waals surface area contributed by atoms with Crippen molar-refractivity contribution in [3.63, 3.8) is 0 Å². The monoisotopic (exact) mass is 443 g/mol. The molecule has 0 saturated carbocycles. The van der Waals surface area contributed by atoms with E-state index < -0.39 is 5.82 Å². The zero-order valence-electron chi connectivity index (χ0n) is 17.8. The minimum absolute atomic E-state index is 0.0414. The van der Waals surface area contributed by atoms with Gasteiger partial charge in [-0.15, -0.1) is 0 Å². The highest BCUT2D eigenvalue weighted by molar-refractivity contribution is 5.95. The van der Waals surface area contributed by atoms with Gasteiger partial charge in [0, 0.05) is 37.1 Å². The third kappa shape index (κ3) is 4.32. The van der Waals surface area contributed by atoms with E-state index in [1.54, 1.807) is 35.4 Å². The van der Waals surface area contributed by atoms with Crippen molar-refractivity contribution >= 4 is 22.5 Å². The van der Waals surface area contributed by atoms with Gasteiger partial charge in [-0.2, -0.15) is 5.10 Å². The summed E-state index contributed by atoms with van der Waals surface area (Å²) in [6, 6.07) is 17.4. The molecule has 1 aliphatic heterocycles. The molecule has 0 spiro atoms. The Balaban J connectivity index is 1.35. The molecule has 1 saturated heterocycles. The fourth-order valence-corrected chi connectivity index (χ4v) is 4.24. The highest BCUT2D eigenvalue weighted by Crippen LogP contribution is 2.22. The normalized spacial score (nSPS) is 15.7. The van der Waals surface area contributed by atoms with Gasteiger partial charge < -0.3 is 10.2 Å². The number of nitrogens with zero attached hydrogens (tertiary/aromatic N) is 3. The number of amides is 1. The van der Waals surface area contributed by atoms with E-state index in [1.807, 2.05) is 30.3 Å². The van der Waals surface area contributed by atoms with Gasteiger partial charge in [0.2, 0.25) is 0 Å². The predicted molar refractivity (Wildman–Crippen MR) is 124 cm³/mol. The van der Waals surface area contributed by atoms with Crippen LogP contribution < -0.4 is 10.9 Å². The van der Waals surface area contributed by atoms with Crippen LogP contribution in [0.1, 0.15) is 28.0 Å². The highest BCUT2D eigenvalue weighted by Gasteiger charge is 2.28. The van der Waals surface area contributed by atoms with Crippen LogP contribution in [0.3, 0.4) is 0 Å². The third-order valence-corrected chi connectivity index (χ3v) is 5.90. The van der Waals surface area contributed by atoms with Gasteiger partial charge in [0.15, 0.2) is 0 Å². The number of anilines is 1. The van der Waals surface area contributed by atoms with Crippen molar-refractivity contribution in [2.75, 3.05) is 18.4 Å². The number of H-pyrrole nitrogens is 1. The van der Waals surface area contributed by atoms with Crippen molar-refractivity contribution in [2.45, 2.75) is 18.9 Å². The van der Waals surface area contributed by atoms with Crippen LogP contribution in [0.25, 0.3) is 10.8 Å². The molecule has 1 aliphatic rings. The molecule has 166 valence electrons. The summed E-state index contributed by atoms with van der Waals surface area (Å²) in [5.74, 6) is -0.131. The van der Waals surface area contributed by atoms with Gasteiger partial charge in [0.25, 0.3) is 11.5 Å². The Morgan fingerprint density at radius 1 is 1.12 bits per heavy atom. The first-order valence-electron chi connectivity index (χ1n) is 10.8. The Bertz CT molecular complexity index is 1370. The van der Waals surface area contributed by atoms with Crippen LogP contribution in [0.15, 0.2) is 71.7 Å². The van der Waals surface area contributed by atoms with Crippen molar-refractivity contribution in [1.82, 2.24) is 20.1 Å². The van der Waals surface area contributed by atoms with Crippen LogP contribution in [0.4, 0.5) is 10.2 Å². The summed E-state index contributed by atoms with van der Waals surface area (Å²) in [6.07, 6.45) is 2.83. The van der Waals surface area contributed by atoms with E-state index in [4.69, 9.17) is 0 Å². The van der Waals surface area contributed by atoms with Gasteiger partial charge in [0.05, 0.1) is 16.6 Å². The van der Waals surface area contributed by atoms with E-state index in [1.165, 1.54) is 6.07 Å². The number of carbonyl (C=O) groups is 1. The molecule has 2 N–H and O–H groups in total. The van der Waals surface area contributed by atoms with Crippen LogP contribution in [0.2, 0.25) is 0 Å². The lowest BCUT2D eigenvalue weighted by Gasteiger charge is -2.18. The third-order valence-electron chi connectivity index (χ3n) is 5.90. The molecule has 7 nitrogen and oxygen atoms in total. The quantitative estimate of drug-likeness (QED) is 0.494. The number of hydrogen-bond donors (Lipinski definition) is 2. The summed E-state index contributed by atoms with van der Waals surface area (Å²) in [6.45, 7) is 1.02. The molecule has 1 unspecified atom stereocenters. The SMILES string of the molecule is O=C(c1cc(Cc2n[nH]c(=O)c3ccccc23)ccc1F)N1CCC(Nc2ccccn2)C1. The summed E-state index contributed by atoms with van der Waals surface area (Å²) in [5.41, 5.74) is 1.19. The number of nitrogens with one attached hydrogen (secondary N) is 2. The van der Waals surface area contributed by atoms with E-state index >= 15 is 0 Å². The zero-order valence-corrected chi connectivity index (χ0v) is 17.8. The van der Waals surface area contributed by atoms with Crippen molar-refractivity contribution < 1.29 is 9.18 Å². The Morgan fingerprint density at radius 2 is 1.94 bits per heavy atom. The Hall–Kier alpha value is -4.07. The predicted octanol–water partition coefficient (Wildman–Crippen LogP) is 3.37. The second kappa shape index (κ2) is 8.82. The topological polar surface area (TPSA) is 91.0 Å². The lowest BCUT2D eigenvalue weighted by Crippen LogP contribution is -2.32. The number of pyridine rings is 1. The number of halogens is 1. The zero-order chi connectivity index (χ0) is 22.8. The molecular weight excluding hydrogens is 421 g/mol. The van der Waals surface area contributed by atoms with Gasteiger partial charge in [-0.3, -0.25) is 9.59 Å². The molecule has 2 aromatic carbocycles. The number of benzene rings is 2. The van der Waals surface area contributed by atoms with Gasteiger partial charge in [-0.25, -0.2) is 14.5 Å². The molecule has 1 fully saturated rings. The number of rotatable bonds is 5. The number of hydrogen-bond acceptors (Lipinski definition) is 5. The molecule has 5 rings (SSSR count). The molecule has 3 heterocycles. The van der Waals surface area contributed by atoms with Crippen molar-refractivity contribution in [2.24, 2.45) is 0 Å². The molecule has 33 heavy (non-hydrogen) atoms. The summed E-state index contributed by atoms with van der Waals surface area (Å²) in [5, 5.41) is 11.3. The Kier molecular flexibility index (Phi) is 5.56. The van der Waals surface area contributed by atoms with E-state index in [9.17, 15) is 14.0 Å². The average molecular weight is 443 g/mol. The van der Waals surface area contributed by atoms with E-state index in [0.717, 1.165) is 23.2 Å². The largest absolute Gasteiger partial charge is 0.365 e. The van der Waals surface area contributed by atoms with Crippen molar-refractivity contribution in [3.05, 3.63) is 99.9 Å². The van der Waals surface area contributed by atoms with E-state index in [0.29, 0.717) is 30.6 Å². The summed E-state index contributed by atoms with van der Waals surface area (Å²) in [4.78, 5) is 31.1. The maximum atomic E-state index is 14.6. The van der Waals surface area contributed by atoms with Crippen LogP contribution in [-0.4, -0.2) is 45.1 Å². The standard InChI is InChI=1S/C25H22FN5O2/c26-21-9-8-16(14-22-18-5-1-2-6-19(18)24(32)30-29-22)13-20(21)25(33)31-12-10-17(15-31)28-23-7-3-4-11-27-23/h1-9,11,13,17H,10,12,14-15H2,(H,27,28)(H,30,32). The smallest absolute Gasteiger partial charge is 0.272 e. The van der Waals surface area contributed by atoms with Crippen LogP contribution >= 0.6 is 0 Å². The molecule has 4 aromatic rings. The minimum Gasteiger partial charge on any atom is -0.365 e. The van der Waals surface area contributed by atoms with Gasteiger partial charge in [-0.1, -0.05) is 30.3 Å². The lowest BCUT2D eigenvalue weighted by atomic mass is 10.0. The van der Waals surface area contributed by atoms with Crippen LogP contribution in [0.5, 0.6) is 0 Å². The molecule has 8 heteroatoms. The Morgan fingerprint density at radius 3 is 2.76 bits per heavy atom. The van der Waals surface area contributed by atoms with Crippen molar-refractivity contribution in [3.8, 4) is 0 Å². The lowest BCUT2D eigenvalue weighted by molar-refractivity contribution is 0.0787. The summed E-state index contributed by atoms with van der Waals surface area (Å²) >= 11 is 0. The highest BCUT2D eigenvalue weighted by atomic mass is 19.1. The molecular formula is C25H22FN5O2. The number of carbonyl (C=O) groups excluding carboxylic acids is 1.